The van der Waals surface area contributed by atoms with E-state index in [1.807, 2.05) is 20.8 Å². The molecule has 0 radical (unpaired) electrons. The lowest BCUT2D eigenvalue weighted by Gasteiger charge is -2.36. The van der Waals surface area contributed by atoms with Gasteiger partial charge in [-0.1, -0.05) is 22.0 Å². The maximum Gasteiger partial charge on any atom is 0.136 e. The maximum atomic E-state index is 12.3. The Morgan fingerprint density at radius 1 is 1.32 bits per heavy atom. The fraction of sp³-hybridized carbons (Fsp3) is 0.684. The molecule has 0 saturated carbocycles. The fourth-order valence-electron chi connectivity index (χ4n) is 3.08. The highest BCUT2D eigenvalue weighted by Gasteiger charge is 2.29. The summed E-state index contributed by atoms with van der Waals surface area (Å²) in [6, 6.07) is 7.13. The Balaban J connectivity index is 2.07. The van der Waals surface area contributed by atoms with E-state index < -0.39 is 11.4 Å². The topological polar surface area (TPSA) is 41.6 Å². The van der Waals surface area contributed by atoms with Gasteiger partial charge in [0.25, 0.3) is 0 Å². The van der Waals surface area contributed by atoms with E-state index >= 15 is 0 Å². The average Bonchev–Trinajstić information content (AvgIpc) is 2.53. The van der Waals surface area contributed by atoms with Gasteiger partial charge in [0.2, 0.25) is 0 Å². The highest BCUT2D eigenvalue weighted by molar-refractivity contribution is 9.10. The summed E-state index contributed by atoms with van der Waals surface area (Å²) in [5.74, 6) is 0. The molecule has 1 aromatic rings. The molecule has 1 aromatic carbocycles. The van der Waals surface area contributed by atoms with E-state index in [4.69, 9.17) is 0 Å². The molecule has 25 heavy (non-hydrogen) atoms. The van der Waals surface area contributed by atoms with Crippen LogP contribution in [0.3, 0.4) is 0 Å². The van der Waals surface area contributed by atoms with Gasteiger partial charge in [-0.25, -0.2) is 0 Å². The van der Waals surface area contributed by atoms with Gasteiger partial charge >= 0.3 is 0 Å². The maximum absolute atomic E-state index is 12.3. The molecule has 0 amide bonds. The molecule has 0 spiro atoms. The molecule has 1 N–H and O–H groups in total. The van der Waals surface area contributed by atoms with Crippen molar-refractivity contribution in [2.75, 3.05) is 32.1 Å². The highest BCUT2D eigenvalue weighted by Crippen LogP contribution is 2.31. The van der Waals surface area contributed by atoms with Gasteiger partial charge in [-0.15, -0.1) is 4.72 Å². The summed E-state index contributed by atoms with van der Waals surface area (Å²) < 4.78 is 16.4. The van der Waals surface area contributed by atoms with Crippen LogP contribution in [0.25, 0.3) is 0 Å². The number of nitrogens with zero attached hydrogens (tertiary/aromatic N) is 2. The molecule has 1 saturated heterocycles. The van der Waals surface area contributed by atoms with Crippen LogP contribution in [0.1, 0.15) is 52.1 Å². The zero-order chi connectivity index (χ0) is 18.8. The number of anilines is 1. The van der Waals surface area contributed by atoms with E-state index in [9.17, 15) is 4.55 Å². The molecule has 0 aliphatic carbocycles. The molecular formula is C19H32BrN3OS. The van der Waals surface area contributed by atoms with E-state index in [1.165, 1.54) is 18.5 Å². The second-order valence-corrected chi connectivity index (χ2v) is 10.9. The Morgan fingerprint density at radius 2 is 1.92 bits per heavy atom. The van der Waals surface area contributed by atoms with Crippen LogP contribution in [-0.2, 0) is 11.4 Å². The van der Waals surface area contributed by atoms with Crippen LogP contribution in [0, 0.1) is 0 Å². The molecule has 1 unspecified atom stereocenters. The molecule has 1 heterocycles. The van der Waals surface area contributed by atoms with E-state index in [1.54, 1.807) is 0 Å². The monoisotopic (exact) mass is 429 g/mol. The first-order chi connectivity index (χ1) is 11.6. The minimum atomic E-state index is -1.08. The number of nitrogens with one attached hydrogen (secondary N) is 1. The van der Waals surface area contributed by atoms with Crippen molar-refractivity contribution in [3.8, 4) is 0 Å². The number of hydrogen-bond donors (Lipinski definition) is 1. The lowest BCUT2D eigenvalue weighted by molar-refractivity contribution is 0.253. The molecule has 4 nitrogen and oxygen atoms in total. The van der Waals surface area contributed by atoms with Gasteiger partial charge in [0.05, 0.1) is 6.04 Å². The Morgan fingerprint density at radius 3 is 2.44 bits per heavy atom. The largest absolute Gasteiger partial charge is 0.598 e. The summed E-state index contributed by atoms with van der Waals surface area (Å²) in [5.41, 5.74) is 2.37. The number of benzene rings is 1. The predicted molar refractivity (Wildman–Crippen MR) is 113 cm³/mol. The lowest BCUT2D eigenvalue weighted by Crippen LogP contribution is -2.42. The van der Waals surface area contributed by atoms with Crippen LogP contribution in [-0.4, -0.2) is 47.4 Å². The third-order valence-corrected chi connectivity index (χ3v) is 7.30. The van der Waals surface area contributed by atoms with Crippen LogP contribution < -0.4 is 9.62 Å². The molecule has 6 heteroatoms. The summed E-state index contributed by atoms with van der Waals surface area (Å²) in [7, 11) is 4.38. The summed E-state index contributed by atoms with van der Waals surface area (Å²) in [6.07, 6.45) is 2.41. The van der Waals surface area contributed by atoms with Gasteiger partial charge in [0.1, 0.15) is 4.75 Å². The standard InChI is InChI=1S/C19H32BrN3OS/c1-14(21-25(24)19(2,3)4)17-8-7-16(13-18(17)20)23(6)15-9-11-22(5)12-10-15/h7-8,13-15,21H,9-12H2,1-6H3/t14-,25?/m1/s1. The van der Waals surface area contributed by atoms with Gasteiger partial charge in [-0.3, -0.25) is 0 Å². The Hall–Kier alpha value is -0.270. The zero-order valence-electron chi connectivity index (χ0n) is 16.3. The molecule has 142 valence electrons. The quantitative estimate of drug-likeness (QED) is 0.715. The normalized spacial score (nSPS) is 19.7. The first-order valence-corrected chi connectivity index (χ1v) is 10.9. The van der Waals surface area contributed by atoms with E-state index in [0.29, 0.717) is 6.04 Å². The van der Waals surface area contributed by atoms with E-state index in [-0.39, 0.29) is 10.8 Å². The molecular weight excluding hydrogens is 398 g/mol. The Kier molecular flexibility index (Phi) is 7.25. The van der Waals surface area contributed by atoms with Crippen molar-refractivity contribution in [2.45, 2.75) is 57.4 Å². The van der Waals surface area contributed by atoms with Crippen molar-refractivity contribution in [2.24, 2.45) is 0 Å². The first-order valence-electron chi connectivity index (χ1n) is 8.98. The van der Waals surface area contributed by atoms with Crippen molar-refractivity contribution >= 4 is 33.0 Å². The van der Waals surface area contributed by atoms with Crippen molar-refractivity contribution in [3.63, 3.8) is 0 Å². The zero-order valence-corrected chi connectivity index (χ0v) is 18.7. The van der Waals surface area contributed by atoms with Gasteiger partial charge in [-0.2, -0.15) is 0 Å². The molecule has 2 rings (SSSR count). The van der Waals surface area contributed by atoms with Crippen LogP contribution in [0.4, 0.5) is 5.69 Å². The van der Waals surface area contributed by atoms with Gasteiger partial charge in [-0.05, 0) is 78.4 Å². The molecule has 1 fully saturated rings. The second kappa shape index (κ2) is 8.61. The fourth-order valence-corrected chi connectivity index (χ4v) is 4.59. The van der Waals surface area contributed by atoms with Crippen molar-refractivity contribution in [3.05, 3.63) is 28.2 Å². The summed E-state index contributed by atoms with van der Waals surface area (Å²) in [5, 5.41) is 0. The van der Waals surface area contributed by atoms with Crippen LogP contribution in [0.5, 0.6) is 0 Å². The molecule has 0 aromatic heterocycles. The number of hydrogen-bond acceptors (Lipinski definition) is 4. The van der Waals surface area contributed by atoms with Gasteiger partial charge < -0.3 is 14.4 Å². The molecule has 0 bridgehead atoms. The van der Waals surface area contributed by atoms with Crippen molar-refractivity contribution in [1.82, 2.24) is 9.62 Å². The van der Waals surface area contributed by atoms with Crippen LogP contribution in [0.2, 0.25) is 0 Å². The Labute approximate surface area is 164 Å². The minimum Gasteiger partial charge on any atom is -0.598 e. The number of piperidine rings is 1. The van der Waals surface area contributed by atoms with Gasteiger partial charge in [0.15, 0.2) is 0 Å². The SMILES string of the molecule is C[C@@H](N[S+]([O-])C(C)(C)C)c1ccc(N(C)C2CCN(C)CC2)cc1Br. The number of halogens is 1. The molecule has 1 aliphatic rings. The third-order valence-electron chi connectivity index (χ3n) is 4.93. The average molecular weight is 430 g/mol. The second-order valence-electron chi connectivity index (χ2n) is 8.07. The van der Waals surface area contributed by atoms with Crippen LogP contribution >= 0.6 is 15.9 Å². The van der Waals surface area contributed by atoms with Crippen molar-refractivity contribution in [1.29, 1.82) is 0 Å². The van der Waals surface area contributed by atoms with Gasteiger partial charge in [0, 0.05) is 34.6 Å². The third kappa shape index (κ3) is 5.60. The first kappa shape index (κ1) is 21.0. The minimum absolute atomic E-state index is 0.0251. The van der Waals surface area contributed by atoms with Crippen LogP contribution in [0.15, 0.2) is 22.7 Å². The molecule has 2 atom stereocenters. The summed E-state index contributed by atoms with van der Waals surface area (Å²) in [4.78, 5) is 4.79. The van der Waals surface area contributed by atoms with E-state index in [2.05, 4.69) is 69.7 Å². The Bertz CT molecular complexity index is 570. The summed E-state index contributed by atoms with van der Waals surface area (Å²) >= 11 is 2.63. The predicted octanol–water partition coefficient (Wildman–Crippen LogP) is 4.09. The summed E-state index contributed by atoms with van der Waals surface area (Å²) in [6.45, 7) is 10.3. The lowest BCUT2D eigenvalue weighted by atomic mass is 10.0. The number of rotatable bonds is 5. The smallest absolute Gasteiger partial charge is 0.136 e. The molecule has 1 aliphatic heterocycles. The van der Waals surface area contributed by atoms with E-state index in [0.717, 1.165) is 23.1 Å². The van der Waals surface area contributed by atoms with Crippen molar-refractivity contribution < 1.29 is 4.55 Å². The highest BCUT2D eigenvalue weighted by atomic mass is 79.9. The number of likely N-dealkylation sites (tertiary alicyclic amines) is 1.